The van der Waals surface area contributed by atoms with E-state index in [0.29, 0.717) is 11.1 Å². The molecule has 0 aliphatic rings. The fourth-order valence-corrected chi connectivity index (χ4v) is 3.20. The first-order valence-electron chi connectivity index (χ1n) is 8.04. The van der Waals surface area contributed by atoms with Gasteiger partial charge in [-0.05, 0) is 35.4 Å². The molecule has 15 heteroatoms. The summed E-state index contributed by atoms with van der Waals surface area (Å²) in [5.41, 5.74) is 0.846. The smallest absolute Gasteiger partial charge is 0.746 e. The van der Waals surface area contributed by atoms with E-state index in [0.717, 1.165) is 0 Å². The van der Waals surface area contributed by atoms with E-state index in [2.05, 4.69) is 9.05 Å². The normalized spacial score (nSPS) is 14.2. The van der Waals surface area contributed by atoms with Crippen LogP contribution in [0.15, 0.2) is 30.3 Å². The molecule has 0 aliphatic heterocycles. The Morgan fingerprint density at radius 1 is 0.719 bits per heavy atom. The van der Waals surface area contributed by atoms with Crippen molar-refractivity contribution < 1.29 is 89.7 Å². The van der Waals surface area contributed by atoms with Crippen molar-refractivity contribution in [3.05, 3.63) is 41.5 Å². The van der Waals surface area contributed by atoms with Crippen LogP contribution in [0.3, 0.4) is 0 Å². The van der Waals surface area contributed by atoms with Gasteiger partial charge >= 0.3 is 53.4 Å². The van der Waals surface area contributed by atoms with E-state index in [9.17, 15) is 18.9 Å². The van der Waals surface area contributed by atoms with Gasteiger partial charge in [0, 0.05) is 0 Å². The summed E-state index contributed by atoms with van der Waals surface area (Å²) in [6.45, 7) is 0. The number of benzene rings is 2. The molecule has 0 spiro atoms. The van der Waals surface area contributed by atoms with E-state index >= 15 is 0 Å². The van der Waals surface area contributed by atoms with Gasteiger partial charge in [0.25, 0.3) is 0 Å². The summed E-state index contributed by atoms with van der Waals surface area (Å²) in [5, 5.41) is 0. The topological polar surface area (TPSA) is 167 Å². The standard InChI is InChI=1S/C17H20O11P2.2Li/c1-24-13-7-6-11(8-14(13)27-29(18,19)20)4-5-12-9-15(25-2)17(26-3)16(10-12)28-30(21,22)23;;/h4-10H,1-3H3,(H2,18,19,20)(H2,21,22,23);;/q;2*+1/p-2/b5-4-;;. The van der Waals surface area contributed by atoms with E-state index in [-0.39, 0.29) is 66.5 Å². The number of ether oxygens (including phenoxy) is 3. The van der Waals surface area contributed by atoms with Gasteiger partial charge in [0.2, 0.25) is 5.75 Å². The largest absolute Gasteiger partial charge is 1.00 e. The number of hydrogen-bond donors (Lipinski definition) is 2. The summed E-state index contributed by atoms with van der Waals surface area (Å²) < 4.78 is 46.4. The average Bonchev–Trinajstić information content (AvgIpc) is 2.63. The summed E-state index contributed by atoms with van der Waals surface area (Å²) in [4.78, 5) is 40.1. The Balaban J connectivity index is 0.00000480. The SMILES string of the molecule is COc1ccc(/C=C\c2cc(OC)c(OC)c(OP(=O)([O-])O)c2)cc1OP(=O)([O-])O.[Li+].[Li+]. The molecule has 2 aromatic rings. The summed E-state index contributed by atoms with van der Waals surface area (Å²) >= 11 is 0. The number of rotatable bonds is 9. The van der Waals surface area contributed by atoms with Crippen molar-refractivity contribution in [3.63, 3.8) is 0 Å². The molecule has 0 saturated heterocycles. The Morgan fingerprint density at radius 3 is 1.69 bits per heavy atom. The van der Waals surface area contributed by atoms with E-state index in [1.807, 2.05) is 0 Å². The van der Waals surface area contributed by atoms with Crippen LogP contribution in [0.1, 0.15) is 11.1 Å². The van der Waals surface area contributed by atoms with Gasteiger partial charge in [-0.25, -0.2) is 0 Å². The van der Waals surface area contributed by atoms with Gasteiger partial charge in [-0.2, -0.15) is 0 Å². The second-order valence-electron chi connectivity index (χ2n) is 5.62. The Kier molecular flexibility index (Phi) is 12.3. The average molecular weight is 474 g/mol. The quantitative estimate of drug-likeness (QED) is 0.205. The molecule has 0 aromatic heterocycles. The van der Waals surface area contributed by atoms with E-state index < -0.39 is 15.6 Å². The molecule has 0 saturated carbocycles. The molecule has 0 radical (unpaired) electrons. The minimum atomic E-state index is -5.11. The third-order valence-corrected chi connectivity index (χ3v) is 4.41. The molecular weight excluding hydrogens is 456 g/mol. The third-order valence-electron chi connectivity index (χ3n) is 3.55. The first kappa shape index (κ1) is 30.7. The van der Waals surface area contributed by atoms with Crippen molar-refractivity contribution in [1.29, 1.82) is 0 Å². The molecule has 2 aromatic carbocycles. The predicted octanol–water partition coefficient (Wildman–Crippen LogP) is -4.43. The Morgan fingerprint density at radius 2 is 1.19 bits per heavy atom. The van der Waals surface area contributed by atoms with Crippen molar-refractivity contribution in [2.45, 2.75) is 0 Å². The number of phosphoric ester groups is 2. The monoisotopic (exact) mass is 474 g/mol. The molecule has 0 bridgehead atoms. The van der Waals surface area contributed by atoms with Gasteiger partial charge in [-0.3, -0.25) is 9.13 Å². The zero-order chi connectivity index (χ0) is 22.5. The predicted molar refractivity (Wildman–Crippen MR) is 102 cm³/mol. The van der Waals surface area contributed by atoms with Crippen LogP contribution < -0.4 is 70.8 Å². The van der Waals surface area contributed by atoms with Gasteiger partial charge in [0.1, 0.15) is 0 Å². The van der Waals surface area contributed by atoms with Crippen molar-refractivity contribution >= 4 is 27.8 Å². The van der Waals surface area contributed by atoms with E-state index in [4.69, 9.17) is 24.0 Å². The Hall–Kier alpha value is -1.33. The molecule has 0 aliphatic carbocycles. The maximum atomic E-state index is 11.1. The van der Waals surface area contributed by atoms with Gasteiger partial charge in [0.15, 0.2) is 23.0 Å². The summed E-state index contributed by atoms with van der Waals surface area (Å²) in [6, 6.07) is 7.09. The molecule has 0 heterocycles. The molecule has 2 N–H and O–H groups in total. The van der Waals surface area contributed by atoms with Crippen LogP contribution >= 0.6 is 15.6 Å². The van der Waals surface area contributed by atoms with Crippen LogP contribution in [-0.4, -0.2) is 31.1 Å². The van der Waals surface area contributed by atoms with Crippen LogP contribution in [0.2, 0.25) is 0 Å². The molecule has 2 rings (SSSR count). The molecule has 2 atom stereocenters. The molecule has 11 nitrogen and oxygen atoms in total. The van der Waals surface area contributed by atoms with Gasteiger partial charge in [0.05, 0.1) is 21.3 Å². The van der Waals surface area contributed by atoms with Gasteiger partial charge < -0.3 is 42.8 Å². The maximum Gasteiger partial charge on any atom is 1.00 e. The van der Waals surface area contributed by atoms with E-state index in [1.54, 1.807) is 6.07 Å². The maximum absolute atomic E-state index is 11.1. The molecule has 2 unspecified atom stereocenters. The molecule has 164 valence electrons. The first-order valence-corrected chi connectivity index (χ1v) is 11.0. The van der Waals surface area contributed by atoms with E-state index in [1.165, 1.54) is 57.7 Å². The summed E-state index contributed by atoms with van der Waals surface area (Å²) in [7, 11) is -6.27. The van der Waals surface area contributed by atoms with Crippen molar-refractivity contribution in [1.82, 2.24) is 0 Å². The molecule has 0 amide bonds. The zero-order valence-electron chi connectivity index (χ0n) is 18.0. The number of methoxy groups -OCH3 is 3. The number of phosphoric acid groups is 2. The van der Waals surface area contributed by atoms with Gasteiger partial charge in [-0.1, -0.05) is 18.2 Å². The molecule has 32 heavy (non-hydrogen) atoms. The first-order chi connectivity index (χ1) is 14.0. The minimum absolute atomic E-state index is 0. The Labute approximate surface area is 208 Å². The van der Waals surface area contributed by atoms with Crippen LogP contribution in [-0.2, 0) is 9.13 Å². The summed E-state index contributed by atoms with van der Waals surface area (Å²) in [6.07, 6.45) is 3.05. The van der Waals surface area contributed by atoms with Crippen molar-refractivity contribution in [2.24, 2.45) is 0 Å². The molecule has 0 fully saturated rings. The van der Waals surface area contributed by atoms with Crippen molar-refractivity contribution in [3.8, 4) is 28.7 Å². The second kappa shape index (κ2) is 12.8. The zero-order valence-corrected chi connectivity index (χ0v) is 19.8. The fourth-order valence-electron chi connectivity index (χ4n) is 2.42. The second-order valence-corrected chi connectivity index (χ2v) is 7.86. The minimum Gasteiger partial charge on any atom is -0.746 e. The Bertz CT molecular complexity index is 1030. The van der Waals surface area contributed by atoms with Crippen LogP contribution in [0.5, 0.6) is 28.7 Å². The van der Waals surface area contributed by atoms with Crippen LogP contribution in [0.25, 0.3) is 12.2 Å². The molecular formula is C17H18Li2O11P2. The summed E-state index contributed by atoms with van der Waals surface area (Å²) in [5.74, 6) is -0.371. The number of hydrogen-bond acceptors (Lipinski definition) is 9. The van der Waals surface area contributed by atoms with Crippen LogP contribution in [0.4, 0.5) is 0 Å². The third kappa shape index (κ3) is 9.27. The van der Waals surface area contributed by atoms with Crippen LogP contribution in [0, 0.1) is 0 Å². The van der Waals surface area contributed by atoms with Gasteiger partial charge in [-0.15, -0.1) is 0 Å². The fraction of sp³-hybridized carbons (Fsp3) is 0.176. The van der Waals surface area contributed by atoms with Crippen molar-refractivity contribution in [2.75, 3.05) is 21.3 Å².